The lowest BCUT2D eigenvalue weighted by atomic mass is 9.90. The van der Waals surface area contributed by atoms with Gasteiger partial charge in [0.1, 0.15) is 5.75 Å². The Labute approximate surface area is 142 Å². The second kappa shape index (κ2) is 6.56. The lowest BCUT2D eigenvalue weighted by molar-refractivity contribution is 0.333. The average molecular weight is 321 g/mol. The predicted octanol–water partition coefficient (Wildman–Crippen LogP) is 3.47. The number of hydrogen-bond acceptors (Lipinski definition) is 2. The molecule has 4 nitrogen and oxygen atoms in total. The van der Waals surface area contributed by atoms with Gasteiger partial charge in [-0.05, 0) is 48.9 Å². The van der Waals surface area contributed by atoms with Gasteiger partial charge in [-0.15, -0.1) is 0 Å². The van der Waals surface area contributed by atoms with Crippen molar-refractivity contribution in [3.05, 3.63) is 59.2 Å². The summed E-state index contributed by atoms with van der Waals surface area (Å²) in [5.74, 6) is 1.74. The van der Waals surface area contributed by atoms with E-state index in [9.17, 15) is 0 Å². The molecule has 2 aromatic carbocycles. The van der Waals surface area contributed by atoms with Crippen LogP contribution in [0.4, 0.5) is 5.69 Å². The van der Waals surface area contributed by atoms with Gasteiger partial charge in [-0.3, -0.25) is 4.99 Å². The maximum Gasteiger partial charge on any atom is 0.193 e. The molecular formula is C20H23N3O. The van der Waals surface area contributed by atoms with Gasteiger partial charge < -0.3 is 15.8 Å². The molecular weight excluding hydrogens is 298 g/mol. The smallest absolute Gasteiger partial charge is 0.193 e. The number of anilines is 1. The highest BCUT2D eigenvalue weighted by Gasteiger charge is 2.23. The van der Waals surface area contributed by atoms with Gasteiger partial charge in [0, 0.05) is 17.2 Å². The maximum atomic E-state index is 6.14. The summed E-state index contributed by atoms with van der Waals surface area (Å²) < 4.78 is 5.71. The molecule has 4 heteroatoms. The summed E-state index contributed by atoms with van der Waals surface area (Å²) in [6.45, 7) is 1.32. The van der Waals surface area contributed by atoms with Crippen LogP contribution in [0.5, 0.6) is 5.75 Å². The maximum absolute atomic E-state index is 6.14. The number of para-hydroxylation sites is 1. The zero-order chi connectivity index (χ0) is 16.4. The molecule has 1 aliphatic heterocycles. The number of nitrogens with one attached hydrogen (secondary N) is 1. The second-order valence-corrected chi connectivity index (χ2v) is 6.55. The third-order valence-corrected chi connectivity index (χ3v) is 4.94. The first-order chi connectivity index (χ1) is 11.8. The normalized spacial score (nSPS) is 19.3. The average Bonchev–Trinajstić information content (AvgIpc) is 3.04. The number of hydrogen-bond donors (Lipinski definition) is 2. The topological polar surface area (TPSA) is 59.6 Å². The van der Waals surface area contributed by atoms with Crippen molar-refractivity contribution >= 4 is 11.6 Å². The molecule has 0 aromatic heterocycles. The number of nitrogens with two attached hydrogens (primary N) is 1. The standard InChI is InChI=1S/C20H23N3O/c21-20(22-12-15-13-24-19-11-4-3-9-17(15)19)23-18-10-5-7-14-6-1-2-8-16(14)18/h3-5,7,9-11,15H,1-2,6,8,12-13H2,(H3,21,22,23). The van der Waals surface area contributed by atoms with Crippen LogP contribution in [-0.4, -0.2) is 19.1 Å². The van der Waals surface area contributed by atoms with E-state index in [0.717, 1.165) is 24.3 Å². The van der Waals surface area contributed by atoms with Crippen molar-refractivity contribution in [2.24, 2.45) is 10.7 Å². The minimum atomic E-state index is 0.284. The van der Waals surface area contributed by atoms with E-state index in [-0.39, 0.29) is 5.92 Å². The summed E-state index contributed by atoms with van der Waals surface area (Å²) in [5.41, 5.74) is 11.3. The van der Waals surface area contributed by atoms with Crippen molar-refractivity contribution in [3.63, 3.8) is 0 Å². The Morgan fingerprint density at radius 1 is 1.12 bits per heavy atom. The van der Waals surface area contributed by atoms with Crippen LogP contribution in [0.1, 0.15) is 35.4 Å². The van der Waals surface area contributed by atoms with Crippen LogP contribution in [0, 0.1) is 0 Å². The Morgan fingerprint density at radius 2 is 2.00 bits per heavy atom. The number of ether oxygens (including phenoxy) is 1. The first-order valence-corrected chi connectivity index (χ1v) is 8.70. The van der Waals surface area contributed by atoms with Crippen LogP contribution in [0.3, 0.4) is 0 Å². The van der Waals surface area contributed by atoms with Gasteiger partial charge in [0.2, 0.25) is 0 Å². The minimum Gasteiger partial charge on any atom is -0.493 e. The minimum absolute atomic E-state index is 0.284. The highest BCUT2D eigenvalue weighted by molar-refractivity contribution is 5.93. The third-order valence-electron chi connectivity index (χ3n) is 4.94. The van der Waals surface area contributed by atoms with E-state index < -0.39 is 0 Å². The Hall–Kier alpha value is -2.49. The molecule has 2 aliphatic rings. The lowest BCUT2D eigenvalue weighted by Gasteiger charge is -2.20. The van der Waals surface area contributed by atoms with Crippen LogP contribution >= 0.6 is 0 Å². The molecule has 1 unspecified atom stereocenters. The van der Waals surface area contributed by atoms with Crippen LogP contribution < -0.4 is 15.8 Å². The predicted molar refractivity (Wildman–Crippen MR) is 97.9 cm³/mol. The van der Waals surface area contributed by atoms with E-state index in [4.69, 9.17) is 10.5 Å². The highest BCUT2D eigenvalue weighted by Crippen LogP contribution is 2.33. The molecule has 124 valence electrons. The Bertz CT molecular complexity index is 769. The fourth-order valence-electron chi connectivity index (χ4n) is 3.66. The van der Waals surface area contributed by atoms with Crippen molar-refractivity contribution in [1.82, 2.24) is 0 Å². The molecule has 1 aliphatic carbocycles. The van der Waals surface area contributed by atoms with Crippen LogP contribution in [0.25, 0.3) is 0 Å². The molecule has 0 radical (unpaired) electrons. The molecule has 4 rings (SSSR count). The highest BCUT2D eigenvalue weighted by atomic mass is 16.5. The number of aryl methyl sites for hydroxylation is 1. The number of aliphatic imine (C=N–C) groups is 1. The summed E-state index contributed by atoms with van der Waals surface area (Å²) in [6.07, 6.45) is 4.81. The summed E-state index contributed by atoms with van der Waals surface area (Å²) in [4.78, 5) is 4.55. The molecule has 24 heavy (non-hydrogen) atoms. The molecule has 0 bridgehead atoms. The first-order valence-electron chi connectivity index (χ1n) is 8.70. The first kappa shape index (κ1) is 15.1. The van der Waals surface area contributed by atoms with Crippen molar-refractivity contribution in [3.8, 4) is 5.75 Å². The number of rotatable bonds is 3. The van der Waals surface area contributed by atoms with Gasteiger partial charge in [-0.2, -0.15) is 0 Å². The Morgan fingerprint density at radius 3 is 2.96 bits per heavy atom. The van der Waals surface area contributed by atoms with E-state index in [1.54, 1.807) is 0 Å². The van der Waals surface area contributed by atoms with Crippen molar-refractivity contribution in [2.45, 2.75) is 31.6 Å². The van der Waals surface area contributed by atoms with E-state index in [1.807, 2.05) is 18.2 Å². The summed E-state index contributed by atoms with van der Waals surface area (Å²) >= 11 is 0. The van der Waals surface area contributed by atoms with E-state index in [0.29, 0.717) is 19.1 Å². The largest absolute Gasteiger partial charge is 0.493 e. The van der Waals surface area contributed by atoms with Gasteiger partial charge in [0.15, 0.2) is 5.96 Å². The lowest BCUT2D eigenvalue weighted by Crippen LogP contribution is -2.25. The van der Waals surface area contributed by atoms with Crippen LogP contribution in [0.15, 0.2) is 47.5 Å². The molecule has 1 atom stereocenters. The number of fused-ring (bicyclic) bond motifs is 2. The number of benzene rings is 2. The van der Waals surface area contributed by atoms with E-state index in [2.05, 4.69) is 34.6 Å². The van der Waals surface area contributed by atoms with Gasteiger partial charge in [-0.1, -0.05) is 30.3 Å². The van der Waals surface area contributed by atoms with E-state index in [1.165, 1.54) is 29.5 Å². The molecule has 2 aromatic rings. The van der Waals surface area contributed by atoms with Crippen LogP contribution in [0.2, 0.25) is 0 Å². The quantitative estimate of drug-likeness (QED) is 0.672. The molecule has 3 N–H and O–H groups in total. The van der Waals surface area contributed by atoms with Gasteiger partial charge in [0.05, 0.1) is 13.2 Å². The van der Waals surface area contributed by atoms with Crippen molar-refractivity contribution in [2.75, 3.05) is 18.5 Å². The van der Waals surface area contributed by atoms with Gasteiger partial charge >= 0.3 is 0 Å². The fourth-order valence-corrected chi connectivity index (χ4v) is 3.66. The molecule has 0 amide bonds. The Kier molecular flexibility index (Phi) is 4.11. The van der Waals surface area contributed by atoms with Crippen molar-refractivity contribution in [1.29, 1.82) is 0 Å². The molecule has 0 saturated carbocycles. The van der Waals surface area contributed by atoms with Gasteiger partial charge in [0.25, 0.3) is 0 Å². The molecule has 1 heterocycles. The molecule has 0 spiro atoms. The summed E-state index contributed by atoms with van der Waals surface area (Å²) in [5, 5.41) is 3.30. The van der Waals surface area contributed by atoms with Crippen molar-refractivity contribution < 1.29 is 4.74 Å². The summed E-state index contributed by atoms with van der Waals surface area (Å²) in [7, 11) is 0. The molecule has 0 saturated heterocycles. The zero-order valence-corrected chi connectivity index (χ0v) is 13.8. The monoisotopic (exact) mass is 321 g/mol. The summed E-state index contributed by atoms with van der Waals surface area (Å²) in [6, 6.07) is 14.6. The third kappa shape index (κ3) is 2.96. The second-order valence-electron chi connectivity index (χ2n) is 6.55. The van der Waals surface area contributed by atoms with Crippen LogP contribution in [-0.2, 0) is 12.8 Å². The number of guanidine groups is 1. The SMILES string of the molecule is NC(=NCC1COc2ccccc21)Nc1cccc2c1CCCC2. The molecule has 0 fully saturated rings. The van der Waals surface area contributed by atoms with Gasteiger partial charge in [-0.25, -0.2) is 0 Å². The Balaban J connectivity index is 1.46. The fraction of sp³-hybridized carbons (Fsp3) is 0.350. The number of nitrogens with zero attached hydrogens (tertiary/aromatic N) is 1. The van der Waals surface area contributed by atoms with E-state index >= 15 is 0 Å². The zero-order valence-electron chi connectivity index (χ0n) is 13.8.